The molecule has 2 rings (SSSR count). The number of piperidine rings is 1. The highest BCUT2D eigenvalue weighted by Gasteiger charge is 2.19. The topological polar surface area (TPSA) is 75.4 Å². The van der Waals surface area contributed by atoms with Gasteiger partial charge in [0.2, 0.25) is 11.8 Å². The van der Waals surface area contributed by atoms with Gasteiger partial charge in [0.05, 0.1) is 0 Å². The molecule has 116 valence electrons. The summed E-state index contributed by atoms with van der Waals surface area (Å²) in [5.74, 6) is 0.0393. The van der Waals surface area contributed by atoms with Crippen LogP contribution in [-0.4, -0.2) is 24.4 Å². The molecule has 5 nitrogen and oxygen atoms in total. The molecule has 21 heavy (non-hydrogen) atoms. The van der Waals surface area contributed by atoms with Crippen molar-refractivity contribution in [3.63, 3.8) is 0 Å². The highest BCUT2D eigenvalue weighted by molar-refractivity contribution is 5.96. The fourth-order valence-corrected chi connectivity index (χ4v) is 2.33. The number of anilines is 2. The fraction of sp³-hybridized carbons (Fsp3) is 0.467. The Hall–Kier alpha value is -1.59. The summed E-state index contributed by atoms with van der Waals surface area (Å²) in [5, 5.41) is 2.81. The Morgan fingerprint density at radius 3 is 2.86 bits per heavy atom. The zero-order chi connectivity index (χ0) is 14.5. The van der Waals surface area contributed by atoms with Gasteiger partial charge in [-0.3, -0.25) is 9.59 Å². The van der Waals surface area contributed by atoms with Gasteiger partial charge in [-0.05, 0) is 38.0 Å². The quantitative estimate of drug-likeness (QED) is 0.896. The lowest BCUT2D eigenvalue weighted by Crippen LogP contribution is -2.35. The van der Waals surface area contributed by atoms with Crippen molar-refractivity contribution in [3.05, 3.63) is 24.3 Å². The summed E-state index contributed by atoms with van der Waals surface area (Å²) in [4.78, 5) is 25.4. The molecule has 1 aromatic carbocycles. The molecule has 0 saturated carbocycles. The lowest BCUT2D eigenvalue weighted by molar-refractivity contribution is -0.119. The van der Waals surface area contributed by atoms with Crippen molar-refractivity contribution in [2.45, 2.75) is 38.6 Å². The fourth-order valence-electron chi connectivity index (χ4n) is 2.33. The van der Waals surface area contributed by atoms with Gasteiger partial charge in [0.15, 0.2) is 0 Å². The Kier molecular flexibility index (Phi) is 6.65. The predicted molar refractivity (Wildman–Crippen MR) is 86.8 cm³/mol. The van der Waals surface area contributed by atoms with E-state index in [2.05, 4.69) is 5.32 Å². The maximum atomic E-state index is 11.9. The van der Waals surface area contributed by atoms with Crippen LogP contribution < -0.4 is 16.0 Å². The third-order valence-corrected chi connectivity index (χ3v) is 3.27. The number of carbonyl (C=O) groups excluding carboxylic acids is 2. The number of hydrogen-bond donors (Lipinski definition) is 2. The van der Waals surface area contributed by atoms with E-state index in [1.165, 1.54) is 0 Å². The molecular weight excluding hydrogens is 290 g/mol. The first kappa shape index (κ1) is 17.5. The Morgan fingerprint density at radius 1 is 1.43 bits per heavy atom. The number of nitrogens with two attached hydrogens (primary N) is 1. The standard InChI is InChI=1S/C15H21N3O2.ClH/c1-11(16)9-14(19)17-12-5-4-6-13(10-12)18-8-3-2-7-15(18)20;/h4-6,10-11H,2-3,7-9,16H2,1H3,(H,17,19);1H. The van der Waals surface area contributed by atoms with E-state index in [0.717, 1.165) is 25.1 Å². The minimum absolute atomic E-state index is 0. The molecule has 0 bridgehead atoms. The van der Waals surface area contributed by atoms with Crippen LogP contribution in [0.25, 0.3) is 0 Å². The zero-order valence-electron chi connectivity index (χ0n) is 12.2. The number of nitrogens with one attached hydrogen (secondary N) is 1. The Balaban J connectivity index is 0.00000220. The van der Waals surface area contributed by atoms with Crippen LogP contribution in [0.1, 0.15) is 32.6 Å². The minimum Gasteiger partial charge on any atom is -0.327 e. The SMILES string of the molecule is CC(N)CC(=O)Nc1cccc(N2CCCCC2=O)c1.Cl. The van der Waals surface area contributed by atoms with Gasteiger partial charge in [0, 0.05) is 36.8 Å². The maximum absolute atomic E-state index is 11.9. The first-order chi connectivity index (χ1) is 9.56. The van der Waals surface area contributed by atoms with E-state index in [1.54, 1.807) is 11.8 Å². The van der Waals surface area contributed by atoms with Crippen LogP contribution in [-0.2, 0) is 9.59 Å². The zero-order valence-corrected chi connectivity index (χ0v) is 13.0. The number of nitrogens with zero attached hydrogens (tertiary/aromatic N) is 1. The van der Waals surface area contributed by atoms with Gasteiger partial charge >= 0.3 is 0 Å². The molecular formula is C15H22ClN3O2. The molecule has 0 radical (unpaired) electrons. The number of hydrogen-bond acceptors (Lipinski definition) is 3. The van der Waals surface area contributed by atoms with Gasteiger partial charge in [-0.2, -0.15) is 0 Å². The van der Waals surface area contributed by atoms with Gasteiger partial charge in [-0.25, -0.2) is 0 Å². The second-order valence-corrected chi connectivity index (χ2v) is 5.28. The summed E-state index contributed by atoms with van der Waals surface area (Å²) in [6.07, 6.45) is 2.86. The van der Waals surface area contributed by atoms with E-state index in [1.807, 2.05) is 24.3 Å². The molecule has 0 spiro atoms. The smallest absolute Gasteiger partial charge is 0.226 e. The predicted octanol–water partition coefficient (Wildman–Crippen LogP) is 2.30. The summed E-state index contributed by atoms with van der Waals surface area (Å²) < 4.78 is 0. The van der Waals surface area contributed by atoms with Crippen molar-refractivity contribution in [1.29, 1.82) is 0 Å². The van der Waals surface area contributed by atoms with Crippen LogP contribution in [0, 0.1) is 0 Å². The third-order valence-electron chi connectivity index (χ3n) is 3.27. The van der Waals surface area contributed by atoms with Crippen molar-refractivity contribution in [1.82, 2.24) is 0 Å². The lowest BCUT2D eigenvalue weighted by atomic mass is 10.1. The molecule has 0 aromatic heterocycles. The van der Waals surface area contributed by atoms with Crippen molar-refractivity contribution < 1.29 is 9.59 Å². The van der Waals surface area contributed by atoms with Crippen molar-refractivity contribution in [2.24, 2.45) is 5.73 Å². The largest absolute Gasteiger partial charge is 0.327 e. The second kappa shape index (κ2) is 8.00. The van der Waals surface area contributed by atoms with Gasteiger partial charge in [0.25, 0.3) is 0 Å². The summed E-state index contributed by atoms with van der Waals surface area (Å²) >= 11 is 0. The lowest BCUT2D eigenvalue weighted by Gasteiger charge is -2.27. The molecule has 1 aliphatic heterocycles. The highest BCUT2D eigenvalue weighted by atomic mass is 35.5. The van der Waals surface area contributed by atoms with E-state index < -0.39 is 0 Å². The van der Waals surface area contributed by atoms with Crippen LogP contribution >= 0.6 is 12.4 Å². The van der Waals surface area contributed by atoms with Gasteiger partial charge in [0.1, 0.15) is 0 Å². The summed E-state index contributed by atoms with van der Waals surface area (Å²) in [6.45, 7) is 2.54. The van der Waals surface area contributed by atoms with Crippen LogP contribution in [0.4, 0.5) is 11.4 Å². The van der Waals surface area contributed by atoms with Gasteiger partial charge in [-0.1, -0.05) is 6.07 Å². The van der Waals surface area contributed by atoms with E-state index >= 15 is 0 Å². The monoisotopic (exact) mass is 311 g/mol. The van der Waals surface area contributed by atoms with E-state index in [9.17, 15) is 9.59 Å². The first-order valence-electron chi connectivity index (χ1n) is 7.02. The molecule has 0 aliphatic carbocycles. The Labute approximate surface area is 131 Å². The molecule has 3 N–H and O–H groups in total. The summed E-state index contributed by atoms with van der Waals surface area (Å²) in [6, 6.07) is 7.23. The Morgan fingerprint density at radius 2 is 2.19 bits per heavy atom. The van der Waals surface area contributed by atoms with E-state index in [-0.39, 0.29) is 36.7 Å². The minimum atomic E-state index is -0.165. The van der Waals surface area contributed by atoms with E-state index in [0.29, 0.717) is 12.1 Å². The molecule has 1 unspecified atom stereocenters. The van der Waals surface area contributed by atoms with Crippen LogP contribution in [0.5, 0.6) is 0 Å². The van der Waals surface area contributed by atoms with Crippen LogP contribution in [0.15, 0.2) is 24.3 Å². The summed E-state index contributed by atoms with van der Waals surface area (Å²) in [7, 11) is 0. The number of carbonyl (C=O) groups is 2. The van der Waals surface area contributed by atoms with Gasteiger partial charge < -0.3 is 16.0 Å². The second-order valence-electron chi connectivity index (χ2n) is 5.28. The van der Waals surface area contributed by atoms with Crippen LogP contribution in [0.3, 0.4) is 0 Å². The number of halogens is 1. The molecule has 1 saturated heterocycles. The maximum Gasteiger partial charge on any atom is 0.226 e. The molecule has 1 fully saturated rings. The molecule has 1 atom stereocenters. The van der Waals surface area contributed by atoms with Crippen molar-refractivity contribution in [3.8, 4) is 0 Å². The van der Waals surface area contributed by atoms with Gasteiger partial charge in [-0.15, -0.1) is 12.4 Å². The molecule has 1 heterocycles. The average Bonchev–Trinajstić information content (AvgIpc) is 2.38. The van der Waals surface area contributed by atoms with Crippen molar-refractivity contribution >= 4 is 35.6 Å². The number of amides is 2. The van der Waals surface area contributed by atoms with Crippen molar-refractivity contribution in [2.75, 3.05) is 16.8 Å². The number of rotatable bonds is 4. The third kappa shape index (κ3) is 5.02. The van der Waals surface area contributed by atoms with E-state index in [4.69, 9.17) is 5.73 Å². The molecule has 1 aliphatic rings. The first-order valence-corrected chi connectivity index (χ1v) is 7.02. The normalized spacial score (nSPS) is 16.1. The number of benzene rings is 1. The highest BCUT2D eigenvalue weighted by Crippen LogP contribution is 2.23. The summed E-state index contributed by atoms with van der Waals surface area (Å²) in [5.41, 5.74) is 7.14. The molecule has 1 aromatic rings. The molecule has 2 amide bonds. The van der Waals surface area contributed by atoms with Crippen LogP contribution in [0.2, 0.25) is 0 Å². The Bertz CT molecular complexity index is 505. The average molecular weight is 312 g/mol. The molecule has 6 heteroatoms.